The highest BCUT2D eigenvalue weighted by Gasteiger charge is 2.32. The van der Waals surface area contributed by atoms with Gasteiger partial charge in [0.2, 0.25) is 5.91 Å². The number of carbonyl (C=O) groups excluding carboxylic acids is 4. The summed E-state index contributed by atoms with van der Waals surface area (Å²) in [4.78, 5) is 64.0. The fourth-order valence-corrected chi connectivity index (χ4v) is 4.36. The van der Waals surface area contributed by atoms with Gasteiger partial charge < -0.3 is 29.3 Å². The first-order valence-electron chi connectivity index (χ1n) is 14.4. The lowest BCUT2D eigenvalue weighted by Gasteiger charge is -2.36. The lowest BCUT2D eigenvalue weighted by molar-refractivity contribution is -0.155. The molecule has 232 valence electrons. The minimum atomic E-state index is -1.05. The zero-order valence-corrected chi connectivity index (χ0v) is 25.6. The second kappa shape index (κ2) is 15.1. The van der Waals surface area contributed by atoms with Crippen LogP contribution < -0.4 is 5.32 Å². The molecular formula is C31H41N5O7. The number of hydrogen-bond acceptors (Lipinski definition) is 9. The summed E-state index contributed by atoms with van der Waals surface area (Å²) in [5.74, 6) is -0.936. The van der Waals surface area contributed by atoms with Crippen LogP contribution in [0.4, 0.5) is 4.79 Å². The van der Waals surface area contributed by atoms with E-state index in [0.717, 1.165) is 0 Å². The van der Waals surface area contributed by atoms with E-state index >= 15 is 0 Å². The largest absolute Gasteiger partial charge is 0.492 e. The standard InChI is InChI=1S/C31H41N5O7/c1-7-41-21(3)24-20-25(33-27(32-24)22-12-10-9-11-13-22)28(38)34-23(14-15-26(37)43-31(4,5)6)29(39)35-16-18-36(19-17-35)30(40)42-8-2/h9-13,20,23H,3,7-8,14-19H2,1-2,4-6H3,(H,34,38). The number of carbonyl (C=O) groups is 4. The molecule has 1 fully saturated rings. The van der Waals surface area contributed by atoms with Gasteiger partial charge in [-0.15, -0.1) is 0 Å². The summed E-state index contributed by atoms with van der Waals surface area (Å²) < 4.78 is 16.0. The van der Waals surface area contributed by atoms with E-state index < -0.39 is 29.6 Å². The average Bonchev–Trinajstić information content (AvgIpc) is 2.98. The highest BCUT2D eigenvalue weighted by Crippen LogP contribution is 2.20. The third-order valence-corrected chi connectivity index (χ3v) is 6.37. The summed E-state index contributed by atoms with van der Waals surface area (Å²) in [5, 5.41) is 2.78. The van der Waals surface area contributed by atoms with E-state index in [0.29, 0.717) is 17.9 Å². The van der Waals surface area contributed by atoms with Crippen molar-refractivity contribution in [3.8, 4) is 11.4 Å². The van der Waals surface area contributed by atoms with Crippen LogP contribution in [0, 0.1) is 0 Å². The summed E-state index contributed by atoms with van der Waals surface area (Å²) >= 11 is 0. The lowest BCUT2D eigenvalue weighted by atomic mass is 10.1. The maximum absolute atomic E-state index is 13.7. The zero-order chi connectivity index (χ0) is 31.6. The van der Waals surface area contributed by atoms with Crippen molar-refractivity contribution in [2.75, 3.05) is 39.4 Å². The van der Waals surface area contributed by atoms with Gasteiger partial charge in [0, 0.05) is 38.2 Å². The molecule has 1 aliphatic rings. The van der Waals surface area contributed by atoms with Crippen molar-refractivity contribution in [2.24, 2.45) is 0 Å². The van der Waals surface area contributed by atoms with Crippen molar-refractivity contribution in [1.29, 1.82) is 0 Å². The van der Waals surface area contributed by atoms with Gasteiger partial charge in [-0.1, -0.05) is 36.9 Å². The third-order valence-electron chi connectivity index (χ3n) is 6.37. The molecule has 1 aromatic carbocycles. The van der Waals surface area contributed by atoms with Crippen molar-refractivity contribution in [3.05, 3.63) is 54.4 Å². The SMILES string of the molecule is C=C(OCC)c1cc(C(=O)NC(CCC(=O)OC(C)(C)C)C(=O)N2CCN(C(=O)OCC)CC2)nc(-c2ccccc2)n1. The van der Waals surface area contributed by atoms with Gasteiger partial charge >= 0.3 is 12.1 Å². The molecule has 0 spiro atoms. The first-order valence-corrected chi connectivity index (χ1v) is 14.4. The molecule has 1 unspecified atom stereocenters. The molecule has 12 heteroatoms. The summed E-state index contributed by atoms with van der Waals surface area (Å²) in [5.41, 5.74) is 0.316. The number of rotatable bonds is 11. The molecule has 0 radical (unpaired) electrons. The molecule has 0 bridgehead atoms. The number of ether oxygens (including phenoxy) is 3. The van der Waals surface area contributed by atoms with E-state index in [1.165, 1.54) is 11.0 Å². The van der Waals surface area contributed by atoms with Gasteiger partial charge in [0.25, 0.3) is 5.91 Å². The monoisotopic (exact) mass is 595 g/mol. The fourth-order valence-electron chi connectivity index (χ4n) is 4.36. The minimum Gasteiger partial charge on any atom is -0.492 e. The Morgan fingerprint density at radius 2 is 1.53 bits per heavy atom. The quantitative estimate of drug-likeness (QED) is 0.304. The van der Waals surface area contributed by atoms with E-state index in [2.05, 4.69) is 21.9 Å². The van der Waals surface area contributed by atoms with Crippen molar-refractivity contribution in [3.63, 3.8) is 0 Å². The Hall–Kier alpha value is -4.48. The predicted molar refractivity (Wildman–Crippen MR) is 160 cm³/mol. The van der Waals surface area contributed by atoms with Gasteiger partial charge in [-0.3, -0.25) is 14.4 Å². The van der Waals surface area contributed by atoms with E-state index in [4.69, 9.17) is 14.2 Å². The van der Waals surface area contributed by atoms with Crippen molar-refractivity contribution in [2.45, 2.75) is 59.1 Å². The molecule has 2 heterocycles. The van der Waals surface area contributed by atoms with E-state index in [9.17, 15) is 19.2 Å². The van der Waals surface area contributed by atoms with Crippen LogP contribution in [0.1, 0.15) is 63.6 Å². The number of nitrogens with one attached hydrogen (secondary N) is 1. The van der Waals surface area contributed by atoms with Crippen LogP contribution in [0.3, 0.4) is 0 Å². The Bertz CT molecular complexity index is 1300. The number of esters is 1. The predicted octanol–water partition coefficient (Wildman–Crippen LogP) is 3.67. The number of piperazine rings is 1. The van der Waals surface area contributed by atoms with Crippen LogP contribution >= 0.6 is 0 Å². The molecule has 0 aliphatic carbocycles. The van der Waals surface area contributed by atoms with E-state index in [1.54, 1.807) is 32.6 Å². The van der Waals surface area contributed by atoms with Gasteiger partial charge in [0.05, 0.1) is 13.2 Å². The second-order valence-corrected chi connectivity index (χ2v) is 10.8. The normalized spacial score (nSPS) is 14.0. The molecule has 1 saturated heterocycles. The molecule has 12 nitrogen and oxygen atoms in total. The number of nitrogens with zero attached hydrogens (tertiary/aromatic N) is 4. The second-order valence-electron chi connectivity index (χ2n) is 10.8. The van der Waals surface area contributed by atoms with E-state index in [1.807, 2.05) is 37.3 Å². The first-order chi connectivity index (χ1) is 20.4. The Balaban J connectivity index is 1.85. The van der Waals surface area contributed by atoms with Gasteiger partial charge in [0.15, 0.2) is 5.82 Å². The van der Waals surface area contributed by atoms with Crippen LogP contribution in [0.15, 0.2) is 43.0 Å². The van der Waals surface area contributed by atoms with Crippen LogP contribution in [0.2, 0.25) is 0 Å². The fraction of sp³-hybridized carbons (Fsp3) is 0.484. The van der Waals surface area contributed by atoms with Gasteiger partial charge in [-0.05, 0) is 47.1 Å². The highest BCUT2D eigenvalue weighted by atomic mass is 16.6. The highest BCUT2D eigenvalue weighted by molar-refractivity contribution is 5.97. The van der Waals surface area contributed by atoms with Crippen LogP contribution in [0.5, 0.6) is 0 Å². The maximum Gasteiger partial charge on any atom is 0.409 e. The third kappa shape index (κ3) is 9.79. The molecule has 0 saturated carbocycles. The van der Waals surface area contributed by atoms with Gasteiger partial charge in [0.1, 0.15) is 28.8 Å². The van der Waals surface area contributed by atoms with E-state index in [-0.39, 0.29) is 68.8 Å². The molecule has 1 aromatic heterocycles. The number of amides is 3. The van der Waals surface area contributed by atoms with Crippen LogP contribution in [-0.2, 0) is 23.8 Å². The Morgan fingerprint density at radius 3 is 2.14 bits per heavy atom. The molecule has 1 atom stereocenters. The molecule has 1 aliphatic heterocycles. The van der Waals surface area contributed by atoms with Crippen LogP contribution in [0.25, 0.3) is 17.1 Å². The smallest absolute Gasteiger partial charge is 0.409 e. The maximum atomic E-state index is 13.7. The minimum absolute atomic E-state index is 0.00639. The van der Waals surface area contributed by atoms with Gasteiger partial charge in [-0.2, -0.15) is 0 Å². The van der Waals surface area contributed by atoms with Gasteiger partial charge in [-0.25, -0.2) is 14.8 Å². The Kier molecular flexibility index (Phi) is 11.6. The molecule has 2 aromatic rings. The van der Waals surface area contributed by atoms with Crippen LogP contribution in [-0.4, -0.2) is 94.7 Å². The topological polar surface area (TPSA) is 140 Å². The molecular weight excluding hydrogens is 554 g/mol. The number of benzene rings is 1. The van der Waals surface area contributed by atoms with Crippen molar-refractivity contribution >= 4 is 29.6 Å². The molecule has 43 heavy (non-hydrogen) atoms. The first kappa shape index (κ1) is 33.0. The zero-order valence-electron chi connectivity index (χ0n) is 25.6. The molecule has 3 amide bonds. The Labute approximate surface area is 252 Å². The molecule has 1 N–H and O–H groups in total. The summed E-state index contributed by atoms with van der Waals surface area (Å²) in [6.45, 7) is 14.4. The molecule has 3 rings (SSSR count). The summed E-state index contributed by atoms with van der Waals surface area (Å²) in [7, 11) is 0. The van der Waals surface area contributed by atoms with Crippen molar-refractivity contribution in [1.82, 2.24) is 25.1 Å². The van der Waals surface area contributed by atoms with Crippen molar-refractivity contribution < 1.29 is 33.4 Å². The number of aromatic nitrogens is 2. The average molecular weight is 596 g/mol. The summed E-state index contributed by atoms with van der Waals surface area (Å²) in [6.07, 6.45) is -0.527. The number of hydrogen-bond donors (Lipinski definition) is 1. The Morgan fingerprint density at radius 1 is 0.930 bits per heavy atom. The lowest BCUT2D eigenvalue weighted by Crippen LogP contribution is -2.56. The summed E-state index contributed by atoms with van der Waals surface area (Å²) in [6, 6.07) is 9.54.